The Morgan fingerprint density at radius 1 is 0.625 bits per heavy atom. The Morgan fingerprint density at radius 2 is 1.09 bits per heavy atom. The lowest BCUT2D eigenvalue weighted by Gasteiger charge is -2.29. The number of nitrogens with zero attached hydrogens (tertiary/aromatic N) is 1. The van der Waals surface area contributed by atoms with Crippen LogP contribution in [0.2, 0.25) is 0 Å². The summed E-state index contributed by atoms with van der Waals surface area (Å²) < 4.78 is 0.527. The number of aryl methyl sites for hydroxylation is 1. The number of aromatic nitrogens is 1. The number of aliphatic carboxylic acids is 4. The van der Waals surface area contributed by atoms with Gasteiger partial charge in [-0.3, -0.25) is 38.4 Å². The van der Waals surface area contributed by atoms with Gasteiger partial charge in [0.05, 0.1) is 5.92 Å². The summed E-state index contributed by atoms with van der Waals surface area (Å²) in [7, 11) is 0. The normalized spacial score (nSPS) is 16.4. The molecule has 4 unspecified atom stereocenters. The lowest BCUT2D eigenvalue weighted by molar-refractivity contribution is -0.152. The zero-order valence-corrected chi connectivity index (χ0v) is 34.9. The van der Waals surface area contributed by atoms with Gasteiger partial charge in [0, 0.05) is 49.4 Å². The summed E-state index contributed by atoms with van der Waals surface area (Å²) >= 11 is 0. The summed E-state index contributed by atoms with van der Waals surface area (Å²) in [5, 5.41) is 69.4. The first-order valence-corrected chi connectivity index (χ1v) is 20.5. The highest BCUT2D eigenvalue weighted by Crippen LogP contribution is 2.30. The summed E-state index contributed by atoms with van der Waals surface area (Å²) in [5.74, 6) is -13.3. The molecule has 23 nitrogen and oxygen atoms in total. The van der Waals surface area contributed by atoms with E-state index in [9.17, 15) is 78.6 Å². The Morgan fingerprint density at radius 3 is 1.56 bits per heavy atom. The first-order valence-electron chi connectivity index (χ1n) is 20.5. The van der Waals surface area contributed by atoms with E-state index in [1.54, 1.807) is 18.2 Å². The Labute approximate surface area is 365 Å². The SMILES string of the molecule is Cc1cccc(C(=O)NCCCCC(NC(=O)C(CCC(=O)O)NC(=O)C(CCC(=O)O)NC(=O)C(CCC(=O)O)NC(=O)C2CCC(C(=O)On3c(O)ccc3O)CC2)C(=O)O)c1. The number of carbonyl (C=O) groups excluding carboxylic acids is 6. The number of carbonyl (C=O) groups is 10. The van der Waals surface area contributed by atoms with Crippen LogP contribution < -0.4 is 31.4 Å². The second-order valence-electron chi connectivity index (χ2n) is 15.3. The highest BCUT2D eigenvalue weighted by molar-refractivity contribution is 5.96. The molecule has 1 aromatic heterocycles. The molecular formula is C41H54N6O17. The zero-order valence-electron chi connectivity index (χ0n) is 34.9. The van der Waals surface area contributed by atoms with Crippen LogP contribution in [0.4, 0.5) is 0 Å². The van der Waals surface area contributed by atoms with E-state index < -0.39 is 140 Å². The molecule has 5 amide bonds. The van der Waals surface area contributed by atoms with Crippen molar-refractivity contribution in [3.63, 3.8) is 0 Å². The molecule has 0 spiro atoms. The van der Waals surface area contributed by atoms with Gasteiger partial charge in [0.1, 0.15) is 24.2 Å². The maximum absolute atomic E-state index is 13.6. The number of rotatable bonds is 26. The van der Waals surface area contributed by atoms with Gasteiger partial charge >= 0.3 is 29.8 Å². The molecule has 23 heteroatoms. The highest BCUT2D eigenvalue weighted by Gasteiger charge is 2.35. The van der Waals surface area contributed by atoms with Crippen LogP contribution in [-0.2, 0) is 43.2 Å². The Bertz CT molecular complexity index is 2010. The molecule has 2 aromatic rings. The molecule has 0 aliphatic heterocycles. The van der Waals surface area contributed by atoms with Crippen molar-refractivity contribution in [1.29, 1.82) is 0 Å². The molecule has 1 aliphatic rings. The highest BCUT2D eigenvalue weighted by atomic mass is 16.7. The van der Waals surface area contributed by atoms with Crippen molar-refractivity contribution in [2.75, 3.05) is 6.54 Å². The van der Waals surface area contributed by atoms with E-state index >= 15 is 0 Å². The van der Waals surface area contributed by atoms with E-state index in [4.69, 9.17) is 4.84 Å². The van der Waals surface area contributed by atoms with Crippen LogP contribution in [0.25, 0.3) is 0 Å². The Kier molecular flexibility index (Phi) is 20.0. The summed E-state index contributed by atoms with van der Waals surface area (Å²) in [6.07, 6.45) is -2.77. The first kappa shape index (κ1) is 51.2. The fourth-order valence-corrected chi connectivity index (χ4v) is 6.79. The van der Waals surface area contributed by atoms with Crippen LogP contribution in [0.5, 0.6) is 11.8 Å². The maximum atomic E-state index is 13.6. The fraction of sp³-hybridized carbons (Fsp3) is 0.512. The van der Waals surface area contributed by atoms with Crippen molar-refractivity contribution in [3.05, 3.63) is 47.5 Å². The second kappa shape index (κ2) is 25.0. The summed E-state index contributed by atoms with van der Waals surface area (Å²) in [5.41, 5.74) is 1.32. The lowest BCUT2D eigenvalue weighted by atomic mass is 9.81. The summed E-state index contributed by atoms with van der Waals surface area (Å²) in [6, 6.07) is 2.55. The van der Waals surface area contributed by atoms with E-state index in [1.807, 2.05) is 13.0 Å². The molecule has 11 N–H and O–H groups in total. The van der Waals surface area contributed by atoms with E-state index in [-0.39, 0.29) is 51.0 Å². The van der Waals surface area contributed by atoms with Crippen molar-refractivity contribution < 1.29 is 83.4 Å². The van der Waals surface area contributed by atoms with Crippen LogP contribution in [0.15, 0.2) is 36.4 Å². The minimum absolute atomic E-state index is 0.113. The largest absolute Gasteiger partial charge is 0.492 e. The lowest BCUT2D eigenvalue weighted by Crippen LogP contribution is -2.58. The van der Waals surface area contributed by atoms with Crippen molar-refractivity contribution in [3.8, 4) is 11.8 Å². The number of unbranched alkanes of at least 4 members (excludes halogenated alkanes) is 1. The third-order valence-corrected chi connectivity index (χ3v) is 10.3. The van der Waals surface area contributed by atoms with Crippen molar-refractivity contribution in [2.45, 2.75) is 115 Å². The number of aromatic hydroxyl groups is 2. The molecule has 0 radical (unpaired) electrons. The van der Waals surface area contributed by atoms with Crippen LogP contribution in [0.1, 0.15) is 99.4 Å². The van der Waals surface area contributed by atoms with Crippen molar-refractivity contribution >= 4 is 59.4 Å². The number of amides is 5. The topological polar surface area (TPSA) is 366 Å². The zero-order chi connectivity index (χ0) is 47.5. The standard InChI is InChI=1S/C41H54N6O17/c1-22-5-4-6-25(21-22)35(56)42-20-3-2-7-29(40(61)62)46-39(60)28(14-19-34(54)55)45-38(59)27(13-18-33(52)53)44-37(58)26(12-17-32(50)51)43-36(57)23-8-10-24(11-9-23)41(63)64-47-30(48)15-16-31(47)49/h4-6,15-16,21,23-24,26-29,48-49H,2-3,7-14,17-20H2,1H3,(H,42,56)(H,43,57)(H,44,58)(H,45,59)(H,46,60)(H,50,51)(H,52,53)(H,54,55)(H,61,62). The van der Waals surface area contributed by atoms with Gasteiger partial charge in [-0.25, -0.2) is 9.59 Å². The van der Waals surface area contributed by atoms with E-state index in [0.717, 1.165) is 17.7 Å². The third-order valence-electron chi connectivity index (χ3n) is 10.3. The molecule has 1 aliphatic carbocycles. The molecule has 1 heterocycles. The summed E-state index contributed by atoms with van der Waals surface area (Å²) in [4.78, 5) is 131. The van der Waals surface area contributed by atoms with Gasteiger partial charge in [-0.2, -0.15) is 0 Å². The Hall–Kier alpha value is -7.20. The van der Waals surface area contributed by atoms with E-state index in [2.05, 4.69) is 26.6 Å². The van der Waals surface area contributed by atoms with Crippen molar-refractivity contribution in [2.24, 2.45) is 11.8 Å². The van der Waals surface area contributed by atoms with Gasteiger partial charge in [-0.15, -0.1) is 4.73 Å². The predicted molar refractivity (Wildman–Crippen MR) is 218 cm³/mol. The van der Waals surface area contributed by atoms with Gasteiger partial charge in [0.25, 0.3) is 5.91 Å². The van der Waals surface area contributed by atoms with Crippen LogP contribution in [-0.4, -0.2) is 125 Å². The first-order chi connectivity index (χ1) is 30.2. The van der Waals surface area contributed by atoms with E-state index in [1.165, 1.54) is 0 Å². The second-order valence-corrected chi connectivity index (χ2v) is 15.3. The monoisotopic (exact) mass is 902 g/mol. The minimum atomic E-state index is -1.74. The predicted octanol–water partition coefficient (Wildman–Crippen LogP) is 0.188. The Balaban J connectivity index is 1.66. The molecule has 0 bridgehead atoms. The van der Waals surface area contributed by atoms with Gasteiger partial charge in [-0.1, -0.05) is 17.7 Å². The molecule has 3 rings (SSSR count). The molecule has 0 saturated heterocycles. The molecular weight excluding hydrogens is 848 g/mol. The molecule has 1 aromatic carbocycles. The number of benzene rings is 1. The van der Waals surface area contributed by atoms with Gasteiger partial charge < -0.3 is 62.1 Å². The number of hydrogen-bond donors (Lipinski definition) is 11. The molecule has 350 valence electrons. The molecule has 1 fully saturated rings. The minimum Gasteiger partial charge on any atom is -0.492 e. The average molecular weight is 903 g/mol. The molecule has 4 atom stereocenters. The van der Waals surface area contributed by atoms with Crippen LogP contribution >= 0.6 is 0 Å². The quantitative estimate of drug-likeness (QED) is 0.0561. The summed E-state index contributed by atoms with van der Waals surface area (Å²) in [6.45, 7) is 2.01. The smallest absolute Gasteiger partial charge is 0.336 e. The number of hydrogen-bond acceptors (Lipinski definition) is 13. The van der Waals surface area contributed by atoms with Gasteiger partial charge in [0.2, 0.25) is 35.4 Å². The molecule has 1 saturated carbocycles. The number of carboxylic acids is 4. The van der Waals surface area contributed by atoms with Crippen molar-refractivity contribution in [1.82, 2.24) is 31.3 Å². The van der Waals surface area contributed by atoms with Crippen LogP contribution in [0.3, 0.4) is 0 Å². The van der Waals surface area contributed by atoms with Gasteiger partial charge in [0.15, 0.2) is 0 Å². The molecule has 64 heavy (non-hydrogen) atoms. The fourth-order valence-electron chi connectivity index (χ4n) is 6.79. The van der Waals surface area contributed by atoms with E-state index in [0.29, 0.717) is 16.7 Å². The van der Waals surface area contributed by atoms with Crippen LogP contribution in [0, 0.1) is 18.8 Å². The number of nitrogens with one attached hydrogen (secondary N) is 5. The van der Waals surface area contributed by atoms with Gasteiger partial charge in [-0.05, 0) is 83.3 Å². The average Bonchev–Trinajstić information content (AvgIpc) is 3.56. The third kappa shape index (κ3) is 16.9. The maximum Gasteiger partial charge on any atom is 0.336 e. The number of carboxylic acid groups (broad SMARTS) is 4.